The van der Waals surface area contributed by atoms with Crippen molar-refractivity contribution in [1.29, 1.82) is 0 Å². The van der Waals surface area contributed by atoms with E-state index in [1.165, 1.54) is 12.1 Å². The second kappa shape index (κ2) is 5.47. The number of alkyl halides is 6. The molecule has 0 bridgehead atoms. The molecule has 0 unspecified atom stereocenters. The minimum absolute atomic E-state index is 0.130. The lowest BCUT2D eigenvalue weighted by molar-refractivity contribution is -0.145. The van der Waals surface area contributed by atoms with E-state index in [4.69, 9.17) is 0 Å². The molecule has 132 valence electrons. The molecule has 3 nitrogen and oxygen atoms in total. The number of benzene rings is 1. The Balaban J connectivity index is 2.33. The van der Waals surface area contributed by atoms with Gasteiger partial charge < -0.3 is 0 Å². The molecular formula is C16H11F6N3. The van der Waals surface area contributed by atoms with Gasteiger partial charge in [-0.3, -0.25) is 4.57 Å². The zero-order valence-electron chi connectivity index (χ0n) is 13.0. The van der Waals surface area contributed by atoms with Gasteiger partial charge in [0.1, 0.15) is 5.52 Å². The van der Waals surface area contributed by atoms with Crippen molar-refractivity contribution in [2.75, 3.05) is 0 Å². The van der Waals surface area contributed by atoms with Gasteiger partial charge in [-0.05, 0) is 43.2 Å². The van der Waals surface area contributed by atoms with Crippen molar-refractivity contribution < 1.29 is 26.3 Å². The summed E-state index contributed by atoms with van der Waals surface area (Å²) >= 11 is 0. The Bertz CT molecular complexity index is 953. The van der Waals surface area contributed by atoms with E-state index < -0.39 is 29.3 Å². The van der Waals surface area contributed by atoms with E-state index in [0.29, 0.717) is 12.3 Å². The molecular weight excluding hydrogens is 348 g/mol. The van der Waals surface area contributed by atoms with Crippen LogP contribution in [0.5, 0.6) is 0 Å². The molecule has 1 aromatic carbocycles. The fraction of sp³-hybridized carbons (Fsp3) is 0.250. The molecule has 0 atom stereocenters. The third kappa shape index (κ3) is 3.06. The number of aromatic nitrogens is 3. The van der Waals surface area contributed by atoms with Crippen molar-refractivity contribution in [3.8, 4) is 5.69 Å². The third-order valence-corrected chi connectivity index (χ3v) is 3.83. The Morgan fingerprint density at radius 3 is 2.12 bits per heavy atom. The van der Waals surface area contributed by atoms with Crippen LogP contribution >= 0.6 is 0 Å². The molecule has 3 aromatic rings. The number of imidazole rings is 1. The maximum Gasteiger partial charge on any atom is 0.450 e. The molecule has 3 rings (SSSR count). The number of fused-ring (bicyclic) bond motifs is 1. The van der Waals surface area contributed by atoms with E-state index >= 15 is 0 Å². The van der Waals surface area contributed by atoms with E-state index in [-0.39, 0.29) is 11.3 Å². The van der Waals surface area contributed by atoms with E-state index in [1.54, 1.807) is 19.9 Å². The standard InChI is InChI=1S/C16H11F6N3/c1-8-3-4-11(5-9(8)2)25-13-12(24-14(25)16(20,21)22)6-10(7-23-13)15(17,18)19/h3-7H,1-2H3. The van der Waals surface area contributed by atoms with E-state index in [2.05, 4.69) is 9.97 Å². The summed E-state index contributed by atoms with van der Waals surface area (Å²) in [6.45, 7) is 3.52. The molecule has 25 heavy (non-hydrogen) atoms. The Morgan fingerprint density at radius 1 is 0.880 bits per heavy atom. The molecule has 0 radical (unpaired) electrons. The van der Waals surface area contributed by atoms with Crippen LogP contribution in [0.25, 0.3) is 16.9 Å². The Hall–Kier alpha value is -2.58. The van der Waals surface area contributed by atoms with Crippen molar-refractivity contribution in [2.45, 2.75) is 26.2 Å². The number of halogens is 6. The SMILES string of the molecule is Cc1ccc(-n2c(C(F)(F)F)nc3cc(C(F)(F)F)cnc32)cc1C. The molecule has 0 aliphatic carbocycles. The van der Waals surface area contributed by atoms with Crippen LogP contribution < -0.4 is 0 Å². The average molecular weight is 359 g/mol. The van der Waals surface area contributed by atoms with Gasteiger partial charge in [0.15, 0.2) is 5.65 Å². The van der Waals surface area contributed by atoms with Gasteiger partial charge >= 0.3 is 12.4 Å². The fourth-order valence-electron chi connectivity index (χ4n) is 2.42. The van der Waals surface area contributed by atoms with E-state index in [9.17, 15) is 26.3 Å². The molecule has 0 spiro atoms. The van der Waals surface area contributed by atoms with Crippen LogP contribution in [-0.2, 0) is 12.4 Å². The van der Waals surface area contributed by atoms with Crippen molar-refractivity contribution in [3.63, 3.8) is 0 Å². The fourth-order valence-corrected chi connectivity index (χ4v) is 2.42. The normalized spacial score (nSPS) is 12.8. The average Bonchev–Trinajstić information content (AvgIpc) is 2.88. The van der Waals surface area contributed by atoms with Crippen molar-refractivity contribution >= 4 is 11.2 Å². The van der Waals surface area contributed by atoms with Crippen molar-refractivity contribution in [1.82, 2.24) is 14.5 Å². The number of nitrogens with zero attached hydrogens (tertiary/aromatic N) is 3. The summed E-state index contributed by atoms with van der Waals surface area (Å²) in [6, 6.07) is 5.14. The molecule has 0 saturated heterocycles. The first-order chi connectivity index (χ1) is 11.5. The smallest absolute Gasteiger partial charge is 0.273 e. The highest BCUT2D eigenvalue weighted by molar-refractivity contribution is 5.75. The van der Waals surface area contributed by atoms with Gasteiger partial charge in [0.2, 0.25) is 5.82 Å². The first kappa shape index (κ1) is 17.2. The molecule has 0 fully saturated rings. The topological polar surface area (TPSA) is 30.7 Å². The van der Waals surface area contributed by atoms with Gasteiger partial charge in [-0.25, -0.2) is 9.97 Å². The first-order valence-electron chi connectivity index (χ1n) is 7.09. The Kier molecular flexibility index (Phi) is 3.77. The molecule has 0 aliphatic rings. The van der Waals surface area contributed by atoms with Crippen molar-refractivity contribution in [2.24, 2.45) is 0 Å². The molecule has 0 amide bonds. The Morgan fingerprint density at radius 2 is 1.56 bits per heavy atom. The van der Waals surface area contributed by atoms with Crippen LogP contribution in [0.1, 0.15) is 22.5 Å². The molecule has 0 aliphatic heterocycles. The van der Waals surface area contributed by atoms with Crippen LogP contribution in [0.3, 0.4) is 0 Å². The predicted octanol–water partition coefficient (Wildman–Crippen LogP) is 5.07. The summed E-state index contributed by atoms with van der Waals surface area (Å²) in [5.41, 5.74) is -0.180. The lowest BCUT2D eigenvalue weighted by Crippen LogP contribution is -2.14. The predicted molar refractivity (Wildman–Crippen MR) is 78.3 cm³/mol. The zero-order chi connectivity index (χ0) is 18.6. The minimum atomic E-state index is -4.85. The van der Waals surface area contributed by atoms with Crippen molar-refractivity contribution in [3.05, 3.63) is 53.0 Å². The van der Waals surface area contributed by atoms with E-state index in [0.717, 1.165) is 15.7 Å². The highest BCUT2D eigenvalue weighted by Gasteiger charge is 2.39. The summed E-state index contributed by atoms with van der Waals surface area (Å²) in [6.07, 6.45) is -9.07. The molecule has 0 N–H and O–H groups in total. The molecule has 9 heteroatoms. The van der Waals surface area contributed by atoms with Crippen LogP contribution in [-0.4, -0.2) is 14.5 Å². The van der Waals surface area contributed by atoms with Gasteiger partial charge in [0.25, 0.3) is 0 Å². The summed E-state index contributed by atoms with van der Waals surface area (Å²) in [7, 11) is 0. The first-order valence-corrected chi connectivity index (χ1v) is 7.09. The second-order valence-corrected chi connectivity index (χ2v) is 5.60. The molecule has 2 heterocycles. The number of aryl methyl sites for hydroxylation is 2. The highest BCUT2D eigenvalue weighted by Crippen LogP contribution is 2.35. The third-order valence-electron chi connectivity index (χ3n) is 3.83. The summed E-state index contributed by atoms with van der Waals surface area (Å²) in [4.78, 5) is 6.95. The lowest BCUT2D eigenvalue weighted by Gasteiger charge is -2.12. The maximum atomic E-state index is 13.4. The molecule has 0 saturated carbocycles. The van der Waals surface area contributed by atoms with Gasteiger partial charge in [-0.15, -0.1) is 0 Å². The summed E-state index contributed by atoms with van der Waals surface area (Å²) < 4.78 is 79.1. The number of pyridine rings is 1. The number of hydrogen-bond donors (Lipinski definition) is 0. The Labute approximate surface area is 137 Å². The number of hydrogen-bond acceptors (Lipinski definition) is 2. The largest absolute Gasteiger partial charge is 0.450 e. The van der Waals surface area contributed by atoms with Gasteiger partial charge in [0.05, 0.1) is 5.56 Å². The highest BCUT2D eigenvalue weighted by atomic mass is 19.4. The van der Waals surface area contributed by atoms with Crippen LogP contribution in [0.15, 0.2) is 30.5 Å². The van der Waals surface area contributed by atoms with Gasteiger partial charge in [0, 0.05) is 11.9 Å². The lowest BCUT2D eigenvalue weighted by atomic mass is 10.1. The zero-order valence-corrected chi connectivity index (χ0v) is 13.0. The second-order valence-electron chi connectivity index (χ2n) is 5.60. The van der Waals surface area contributed by atoms with Gasteiger partial charge in [-0.1, -0.05) is 6.07 Å². The van der Waals surface area contributed by atoms with Crippen LogP contribution in [0.4, 0.5) is 26.3 Å². The van der Waals surface area contributed by atoms with E-state index in [1.807, 2.05) is 0 Å². The summed E-state index contributed by atoms with van der Waals surface area (Å²) in [5, 5.41) is 0. The minimum Gasteiger partial charge on any atom is -0.273 e. The van der Waals surface area contributed by atoms with Crippen LogP contribution in [0.2, 0.25) is 0 Å². The maximum absolute atomic E-state index is 13.4. The monoisotopic (exact) mass is 359 g/mol. The molecule has 2 aromatic heterocycles. The number of rotatable bonds is 1. The van der Waals surface area contributed by atoms with Gasteiger partial charge in [-0.2, -0.15) is 26.3 Å². The quantitative estimate of drug-likeness (QED) is 0.568. The van der Waals surface area contributed by atoms with Crippen LogP contribution in [0, 0.1) is 13.8 Å². The summed E-state index contributed by atoms with van der Waals surface area (Å²) in [5.74, 6) is -1.32.